The monoisotopic (exact) mass is 604 g/mol. The molecule has 3 aromatic heterocycles. The van der Waals surface area contributed by atoms with E-state index < -0.39 is 12.6 Å². The quantitative estimate of drug-likeness (QED) is 0.276. The van der Waals surface area contributed by atoms with E-state index in [1.807, 2.05) is 18.2 Å². The van der Waals surface area contributed by atoms with Crippen molar-refractivity contribution in [2.45, 2.75) is 51.5 Å². The lowest BCUT2D eigenvalue weighted by molar-refractivity contribution is -0.126. The number of nitriles is 1. The molecule has 12 heteroatoms. The van der Waals surface area contributed by atoms with Crippen molar-refractivity contribution in [3.8, 4) is 6.07 Å². The van der Waals surface area contributed by atoms with Gasteiger partial charge in [0.05, 0.1) is 23.9 Å². The smallest absolute Gasteiger partial charge is 0.367 e. The van der Waals surface area contributed by atoms with Crippen molar-refractivity contribution in [2.24, 2.45) is 0 Å². The molecule has 0 radical (unpaired) electrons. The van der Waals surface area contributed by atoms with Gasteiger partial charge in [-0.15, -0.1) is 11.3 Å². The largest absolute Gasteiger partial charge is 0.393 e. The lowest BCUT2D eigenvalue weighted by Gasteiger charge is -2.33. The molecule has 1 N–H and O–H groups in total. The molecule has 38 heavy (non-hydrogen) atoms. The Balaban J connectivity index is 1.25. The maximum absolute atomic E-state index is 12.8. The van der Waals surface area contributed by atoms with Crippen molar-refractivity contribution in [1.29, 1.82) is 5.26 Å². The fourth-order valence-corrected chi connectivity index (χ4v) is 6.53. The first-order chi connectivity index (χ1) is 18.1. The van der Waals surface area contributed by atoms with Crippen LogP contribution >= 0.6 is 27.3 Å². The van der Waals surface area contributed by atoms with Gasteiger partial charge in [0, 0.05) is 40.4 Å². The number of carbonyl (C=O) groups excluding carboxylic acids is 1. The van der Waals surface area contributed by atoms with Crippen molar-refractivity contribution in [3.05, 3.63) is 51.2 Å². The lowest BCUT2D eigenvalue weighted by Crippen LogP contribution is -2.38. The van der Waals surface area contributed by atoms with E-state index in [4.69, 9.17) is 0 Å². The Kier molecular flexibility index (Phi) is 7.44. The number of carbonyl (C=O) groups is 1. The summed E-state index contributed by atoms with van der Waals surface area (Å²) >= 11 is 4.77. The summed E-state index contributed by atoms with van der Waals surface area (Å²) in [6.07, 6.45) is -2.11. The average Bonchev–Trinajstić information content (AvgIpc) is 3.42. The van der Waals surface area contributed by atoms with Crippen LogP contribution in [0.3, 0.4) is 0 Å². The summed E-state index contributed by atoms with van der Waals surface area (Å²) in [6, 6.07) is 9.68. The molecule has 7 nitrogen and oxygen atoms in total. The maximum Gasteiger partial charge on any atom is 0.393 e. The second-order valence-corrected chi connectivity index (χ2v) is 11.4. The number of nitrogens with one attached hydrogen (secondary N) is 1. The van der Waals surface area contributed by atoms with Gasteiger partial charge in [-0.25, -0.2) is 9.97 Å². The van der Waals surface area contributed by atoms with Gasteiger partial charge in [0.25, 0.3) is 0 Å². The highest BCUT2D eigenvalue weighted by atomic mass is 79.9. The molecular weight excluding hydrogens is 581 g/mol. The number of Topliss-reactive ketones (excluding diaryl/α,β-unsaturated/α-hetero) is 1. The van der Waals surface area contributed by atoms with Gasteiger partial charge in [0.1, 0.15) is 34.5 Å². The van der Waals surface area contributed by atoms with E-state index in [0.29, 0.717) is 21.7 Å². The van der Waals surface area contributed by atoms with E-state index in [0.717, 1.165) is 64.8 Å². The maximum atomic E-state index is 12.8. The van der Waals surface area contributed by atoms with E-state index in [2.05, 4.69) is 42.2 Å². The van der Waals surface area contributed by atoms with Crippen LogP contribution in [0.15, 0.2) is 35.1 Å². The van der Waals surface area contributed by atoms with Crippen LogP contribution in [0.5, 0.6) is 0 Å². The fraction of sp³-hybridized carbons (Fsp3) is 0.385. The summed E-state index contributed by atoms with van der Waals surface area (Å²) < 4.78 is 41.2. The first-order valence-electron chi connectivity index (χ1n) is 12.1. The normalized spacial score (nSPS) is 15.3. The summed E-state index contributed by atoms with van der Waals surface area (Å²) in [7, 11) is 0. The van der Waals surface area contributed by atoms with E-state index in [-0.39, 0.29) is 23.2 Å². The zero-order valence-corrected chi connectivity index (χ0v) is 22.9. The summed E-state index contributed by atoms with van der Waals surface area (Å²) in [5, 5.41) is 14.5. The minimum atomic E-state index is -4.26. The van der Waals surface area contributed by atoms with Crippen LogP contribution in [0.4, 0.5) is 19.0 Å². The second-order valence-electron chi connectivity index (χ2n) is 9.54. The molecule has 0 saturated carbocycles. The molecule has 198 valence electrons. The van der Waals surface area contributed by atoms with Gasteiger partial charge in [-0.1, -0.05) is 6.07 Å². The van der Waals surface area contributed by atoms with Crippen LogP contribution < -0.4 is 5.32 Å². The molecule has 1 aliphatic rings. The number of aromatic nitrogens is 3. The number of alkyl halides is 3. The molecule has 0 unspecified atom stereocenters. The van der Waals surface area contributed by atoms with Crippen molar-refractivity contribution in [1.82, 2.24) is 19.4 Å². The third kappa shape index (κ3) is 5.70. The molecule has 0 amide bonds. The average molecular weight is 605 g/mol. The van der Waals surface area contributed by atoms with Gasteiger partial charge < -0.3 is 9.88 Å². The van der Waals surface area contributed by atoms with E-state index in [9.17, 15) is 23.2 Å². The van der Waals surface area contributed by atoms with Gasteiger partial charge in [0.15, 0.2) is 0 Å². The van der Waals surface area contributed by atoms with Crippen LogP contribution in [-0.2, 0) is 24.3 Å². The van der Waals surface area contributed by atoms with Gasteiger partial charge in [-0.2, -0.15) is 18.4 Å². The van der Waals surface area contributed by atoms with Crippen molar-refractivity contribution in [2.75, 3.05) is 18.4 Å². The predicted molar refractivity (Wildman–Crippen MR) is 144 cm³/mol. The molecule has 4 aromatic rings. The van der Waals surface area contributed by atoms with Crippen LogP contribution in [-0.4, -0.2) is 50.5 Å². The minimum Gasteiger partial charge on any atom is -0.367 e. The molecule has 0 aliphatic carbocycles. The summed E-state index contributed by atoms with van der Waals surface area (Å²) in [4.78, 5) is 23.3. The number of anilines is 1. The fourth-order valence-electron chi connectivity index (χ4n) is 4.93. The highest BCUT2D eigenvalue weighted by Crippen LogP contribution is 2.34. The van der Waals surface area contributed by atoms with E-state index >= 15 is 0 Å². The molecule has 1 aromatic carbocycles. The van der Waals surface area contributed by atoms with Gasteiger partial charge >= 0.3 is 6.18 Å². The molecule has 5 rings (SSSR count). The molecule has 0 spiro atoms. The number of likely N-dealkylation sites (tertiary alicyclic amines) is 1. The molecule has 1 aliphatic heterocycles. The number of rotatable bonds is 7. The summed E-state index contributed by atoms with van der Waals surface area (Å²) in [5.41, 5.74) is 2.40. The molecule has 4 heterocycles. The number of fused-ring (bicyclic) bond motifs is 2. The number of thiophene rings is 1. The zero-order chi connectivity index (χ0) is 27.0. The highest BCUT2D eigenvalue weighted by Gasteiger charge is 2.29. The van der Waals surface area contributed by atoms with Gasteiger partial charge in [-0.05, 0) is 59.5 Å². The van der Waals surface area contributed by atoms with Crippen LogP contribution in [0.1, 0.15) is 35.9 Å². The standard InChI is InChI=1S/C26H24BrF3N6OS/c1-15(37)12-36-18(11-31)8-20-22(36)3-2-16(23(20)27)13-35-6-4-17(5-7-35)34-24-21-9-19(10-26(28,29)30)38-25(21)33-14-32-24/h2-3,8-9,14,17H,4-7,10,12-13H2,1H3,(H,32,33,34). The second kappa shape index (κ2) is 10.6. The first kappa shape index (κ1) is 26.6. The van der Waals surface area contributed by atoms with Crippen molar-refractivity contribution < 1.29 is 18.0 Å². The number of hydrogen-bond donors (Lipinski definition) is 1. The third-order valence-corrected chi connectivity index (χ3v) is 8.65. The summed E-state index contributed by atoms with van der Waals surface area (Å²) in [6.45, 7) is 4.08. The van der Waals surface area contributed by atoms with E-state index in [1.165, 1.54) is 13.3 Å². The number of benzene rings is 1. The minimum absolute atomic E-state index is 0.0147. The molecule has 1 fully saturated rings. The number of hydrogen-bond acceptors (Lipinski definition) is 7. The molecule has 0 bridgehead atoms. The molecule has 0 atom stereocenters. The number of halogens is 4. The molecule has 1 saturated heterocycles. The Bertz CT molecular complexity index is 1550. The van der Waals surface area contributed by atoms with Crippen molar-refractivity contribution >= 4 is 60.0 Å². The van der Waals surface area contributed by atoms with E-state index in [1.54, 1.807) is 10.6 Å². The SMILES string of the molecule is CC(=O)Cn1c(C#N)cc2c(Br)c(CN3CCC(Nc4ncnc5sc(CC(F)(F)F)cc45)CC3)ccc21. The zero-order valence-electron chi connectivity index (χ0n) is 20.5. The Labute approximate surface area is 229 Å². The first-order valence-corrected chi connectivity index (χ1v) is 13.7. The topological polar surface area (TPSA) is 86.8 Å². The van der Waals surface area contributed by atoms with Gasteiger partial charge in [-0.3, -0.25) is 9.69 Å². The molecular formula is C26H24BrF3N6OS. The predicted octanol–water partition coefficient (Wildman–Crippen LogP) is 6.05. The van der Waals surface area contributed by atoms with Crippen molar-refractivity contribution in [3.63, 3.8) is 0 Å². The van der Waals surface area contributed by atoms with Gasteiger partial charge in [0.2, 0.25) is 0 Å². The highest BCUT2D eigenvalue weighted by molar-refractivity contribution is 9.10. The lowest BCUT2D eigenvalue weighted by atomic mass is 10.0. The number of ketones is 1. The summed E-state index contributed by atoms with van der Waals surface area (Å²) in [5.74, 6) is 0.564. The Morgan fingerprint density at radius 2 is 2.00 bits per heavy atom. The number of nitrogens with zero attached hydrogens (tertiary/aromatic N) is 5. The van der Waals surface area contributed by atoms with Crippen LogP contribution in [0.25, 0.3) is 21.1 Å². The Morgan fingerprint density at radius 3 is 2.68 bits per heavy atom. The Hall–Kier alpha value is -3.01. The third-order valence-electron chi connectivity index (χ3n) is 6.67. The van der Waals surface area contributed by atoms with Crippen LogP contribution in [0, 0.1) is 11.3 Å². The van der Waals surface area contributed by atoms with Crippen LogP contribution in [0.2, 0.25) is 0 Å². The Morgan fingerprint density at radius 1 is 1.24 bits per heavy atom. The number of piperidine rings is 1.